The highest BCUT2D eigenvalue weighted by Crippen LogP contribution is 2.27. The third-order valence-electron chi connectivity index (χ3n) is 6.90. The van der Waals surface area contributed by atoms with Crippen molar-refractivity contribution in [3.63, 3.8) is 0 Å². The minimum absolute atomic E-state index is 0.0170. The number of benzene rings is 1. The smallest absolute Gasteiger partial charge is 0.317 e. The van der Waals surface area contributed by atoms with Crippen LogP contribution in [-0.4, -0.2) is 71.4 Å². The zero-order valence-electron chi connectivity index (χ0n) is 22.9. The van der Waals surface area contributed by atoms with Gasteiger partial charge >= 0.3 is 12.0 Å². The largest absolute Gasteiger partial charge is 0.485 e. The molecule has 1 aliphatic carbocycles. The van der Waals surface area contributed by atoms with E-state index in [2.05, 4.69) is 10.6 Å². The van der Waals surface area contributed by atoms with E-state index in [9.17, 15) is 37.1 Å². The summed E-state index contributed by atoms with van der Waals surface area (Å²) in [7, 11) is 0. The van der Waals surface area contributed by atoms with E-state index >= 15 is 0 Å². The van der Waals surface area contributed by atoms with Crippen LogP contribution >= 0.6 is 0 Å². The molecule has 1 heterocycles. The van der Waals surface area contributed by atoms with Crippen molar-refractivity contribution in [1.82, 2.24) is 15.5 Å². The number of nitrogens with one attached hydrogen (secondary N) is 2. The molecule has 40 heavy (non-hydrogen) atoms. The van der Waals surface area contributed by atoms with Gasteiger partial charge in [0.25, 0.3) is 0 Å². The number of aliphatic hydroxyl groups is 1. The number of nitrogens with zero attached hydrogens (tertiary/aromatic N) is 1. The van der Waals surface area contributed by atoms with Crippen molar-refractivity contribution >= 4 is 17.9 Å². The summed E-state index contributed by atoms with van der Waals surface area (Å²) in [6, 6.07) is -1.30. The molecular weight excluding hydrogens is 538 g/mol. The van der Waals surface area contributed by atoms with Crippen molar-refractivity contribution in [2.45, 2.75) is 89.5 Å². The monoisotopic (exact) mass is 575 g/mol. The maximum absolute atomic E-state index is 14.0. The number of halogens is 4. The molecule has 2 atom stereocenters. The van der Waals surface area contributed by atoms with Crippen molar-refractivity contribution in [2.24, 2.45) is 5.92 Å². The second kappa shape index (κ2) is 13.5. The number of ether oxygens (including phenoxy) is 2. The van der Waals surface area contributed by atoms with Gasteiger partial charge in [-0.25, -0.2) is 13.6 Å². The Morgan fingerprint density at radius 3 is 2.15 bits per heavy atom. The van der Waals surface area contributed by atoms with Crippen LogP contribution in [0.3, 0.4) is 0 Å². The van der Waals surface area contributed by atoms with Crippen LogP contribution < -0.4 is 15.4 Å². The lowest BCUT2D eigenvalue weighted by atomic mass is 9.95. The molecule has 224 valence electrons. The summed E-state index contributed by atoms with van der Waals surface area (Å²) in [6.45, 7) is 4.64. The van der Waals surface area contributed by atoms with Gasteiger partial charge in [0, 0.05) is 31.1 Å². The Morgan fingerprint density at radius 1 is 1.02 bits per heavy atom. The standard InChI is InChI=1S/C27H37F4N3O6/c1-27(2,3)40-21(36)13-19(20(35)14-39-24-22(30)17(28)12-18(29)23(24)31)33-25(37)15-8-10-34(11-9-15)26(38)32-16-6-4-5-7-16/h12,15-16,19-20,35H,4-11,13-14H2,1-3H3,(H,32,38)(H,33,37)/t19-,20?/m0/s1. The van der Waals surface area contributed by atoms with Gasteiger partial charge in [-0.3, -0.25) is 9.59 Å². The highest BCUT2D eigenvalue weighted by molar-refractivity contribution is 5.81. The lowest BCUT2D eigenvalue weighted by molar-refractivity contribution is -0.156. The summed E-state index contributed by atoms with van der Waals surface area (Å²) < 4.78 is 65.1. The van der Waals surface area contributed by atoms with Crippen LogP contribution in [0.15, 0.2) is 6.07 Å². The second-order valence-electron chi connectivity index (χ2n) is 11.3. The molecule has 0 bridgehead atoms. The number of hydrogen-bond acceptors (Lipinski definition) is 6. The van der Waals surface area contributed by atoms with Crippen LogP contribution in [0.5, 0.6) is 5.75 Å². The quantitative estimate of drug-likeness (QED) is 0.236. The normalized spacial score (nSPS) is 18.2. The first kappa shape index (κ1) is 31.4. The molecule has 2 aliphatic rings. The van der Waals surface area contributed by atoms with E-state index in [1.807, 2.05) is 0 Å². The molecule has 0 spiro atoms. The van der Waals surface area contributed by atoms with Crippen molar-refractivity contribution in [3.05, 3.63) is 29.3 Å². The van der Waals surface area contributed by atoms with E-state index in [0.29, 0.717) is 25.9 Å². The van der Waals surface area contributed by atoms with Crippen molar-refractivity contribution in [3.8, 4) is 5.75 Å². The van der Waals surface area contributed by atoms with Crippen LogP contribution in [0.4, 0.5) is 22.4 Å². The van der Waals surface area contributed by atoms with Crippen LogP contribution in [0, 0.1) is 29.2 Å². The summed E-state index contributed by atoms with van der Waals surface area (Å²) in [5.41, 5.74) is -0.871. The molecule has 2 fully saturated rings. The molecule has 3 amide bonds. The molecule has 1 saturated heterocycles. The van der Waals surface area contributed by atoms with E-state index in [1.165, 1.54) is 0 Å². The lowest BCUT2D eigenvalue weighted by Gasteiger charge is -2.33. The average molecular weight is 576 g/mol. The van der Waals surface area contributed by atoms with E-state index < -0.39 is 77.6 Å². The second-order valence-corrected chi connectivity index (χ2v) is 11.3. The Bertz CT molecular complexity index is 1040. The van der Waals surface area contributed by atoms with E-state index in [4.69, 9.17) is 9.47 Å². The minimum atomic E-state index is -1.79. The van der Waals surface area contributed by atoms with Gasteiger partial charge in [0.2, 0.25) is 17.5 Å². The fourth-order valence-corrected chi connectivity index (χ4v) is 4.79. The molecule has 13 heteroatoms. The fraction of sp³-hybridized carbons (Fsp3) is 0.667. The molecule has 1 aromatic rings. The topological polar surface area (TPSA) is 117 Å². The summed E-state index contributed by atoms with van der Waals surface area (Å²) in [5.74, 6) is -10.1. The van der Waals surface area contributed by atoms with Gasteiger partial charge in [-0.15, -0.1) is 0 Å². The van der Waals surface area contributed by atoms with Crippen LogP contribution in [0.2, 0.25) is 0 Å². The van der Waals surface area contributed by atoms with Crippen molar-refractivity contribution in [2.75, 3.05) is 19.7 Å². The molecular formula is C27H37F4N3O6. The van der Waals surface area contributed by atoms with Gasteiger partial charge in [-0.2, -0.15) is 8.78 Å². The minimum Gasteiger partial charge on any atom is -0.485 e. The first-order valence-corrected chi connectivity index (χ1v) is 13.5. The van der Waals surface area contributed by atoms with Crippen molar-refractivity contribution in [1.29, 1.82) is 0 Å². The Morgan fingerprint density at radius 2 is 1.60 bits per heavy atom. The van der Waals surface area contributed by atoms with Gasteiger partial charge in [-0.1, -0.05) is 12.8 Å². The molecule has 0 radical (unpaired) electrons. The lowest BCUT2D eigenvalue weighted by Crippen LogP contribution is -2.52. The van der Waals surface area contributed by atoms with E-state index in [0.717, 1.165) is 25.7 Å². The third-order valence-corrected chi connectivity index (χ3v) is 6.90. The SMILES string of the molecule is CC(C)(C)OC(=O)C[C@H](NC(=O)C1CCN(C(=O)NC2CCCC2)CC1)C(O)COc1c(F)c(F)cc(F)c1F. The third kappa shape index (κ3) is 8.70. The van der Waals surface area contributed by atoms with Crippen molar-refractivity contribution < 1.29 is 46.5 Å². The maximum atomic E-state index is 14.0. The number of carbonyl (C=O) groups excluding carboxylic acids is 3. The number of urea groups is 1. The Balaban J connectivity index is 1.62. The Labute approximate surface area is 230 Å². The predicted octanol–water partition coefficient (Wildman–Crippen LogP) is 3.56. The number of likely N-dealkylation sites (tertiary alicyclic amines) is 1. The van der Waals surface area contributed by atoms with Crippen LogP contribution in [0.25, 0.3) is 0 Å². The van der Waals surface area contributed by atoms with Gasteiger partial charge in [-0.05, 0) is 46.5 Å². The number of esters is 1. The van der Waals surface area contributed by atoms with Gasteiger partial charge < -0.3 is 30.1 Å². The fourth-order valence-electron chi connectivity index (χ4n) is 4.79. The number of amides is 3. The maximum Gasteiger partial charge on any atom is 0.317 e. The number of carbonyl (C=O) groups is 3. The molecule has 1 aliphatic heterocycles. The first-order chi connectivity index (χ1) is 18.7. The number of hydrogen-bond donors (Lipinski definition) is 3. The molecule has 3 rings (SSSR count). The Hall–Kier alpha value is -3.09. The van der Waals surface area contributed by atoms with E-state index in [1.54, 1.807) is 25.7 Å². The Kier molecular flexibility index (Phi) is 10.6. The summed E-state index contributed by atoms with van der Waals surface area (Å²) in [4.78, 5) is 39.7. The molecule has 3 N–H and O–H groups in total. The number of piperidine rings is 1. The zero-order chi connectivity index (χ0) is 29.6. The molecule has 1 saturated carbocycles. The molecule has 9 nitrogen and oxygen atoms in total. The number of aliphatic hydroxyl groups excluding tert-OH is 1. The average Bonchev–Trinajstić information content (AvgIpc) is 3.39. The highest BCUT2D eigenvalue weighted by Gasteiger charge is 2.33. The molecule has 0 aromatic heterocycles. The van der Waals surface area contributed by atoms with E-state index in [-0.39, 0.29) is 18.1 Å². The zero-order valence-corrected chi connectivity index (χ0v) is 22.9. The summed E-state index contributed by atoms with van der Waals surface area (Å²) in [5, 5.41) is 16.3. The van der Waals surface area contributed by atoms with Gasteiger partial charge in [0.05, 0.1) is 12.5 Å². The van der Waals surface area contributed by atoms with Gasteiger partial charge in [0.1, 0.15) is 18.3 Å². The highest BCUT2D eigenvalue weighted by atomic mass is 19.2. The summed E-state index contributed by atoms with van der Waals surface area (Å²) >= 11 is 0. The summed E-state index contributed by atoms with van der Waals surface area (Å²) in [6.07, 6.45) is 2.52. The number of rotatable bonds is 9. The van der Waals surface area contributed by atoms with Crippen LogP contribution in [-0.2, 0) is 14.3 Å². The van der Waals surface area contributed by atoms with Crippen LogP contribution in [0.1, 0.15) is 65.7 Å². The molecule has 1 unspecified atom stereocenters. The first-order valence-electron chi connectivity index (χ1n) is 13.5. The molecule has 1 aromatic carbocycles. The van der Waals surface area contributed by atoms with Gasteiger partial charge in [0.15, 0.2) is 17.4 Å². The predicted molar refractivity (Wildman–Crippen MR) is 135 cm³/mol.